The van der Waals surface area contributed by atoms with Gasteiger partial charge in [-0.25, -0.2) is 0 Å². The summed E-state index contributed by atoms with van der Waals surface area (Å²) < 4.78 is 0. The fourth-order valence-corrected chi connectivity index (χ4v) is 8.28. The van der Waals surface area contributed by atoms with Gasteiger partial charge in [0.25, 0.3) is 0 Å². The third kappa shape index (κ3) is 6.49. The van der Waals surface area contributed by atoms with Crippen molar-refractivity contribution < 1.29 is 0 Å². The molecule has 0 spiro atoms. The van der Waals surface area contributed by atoms with Crippen LogP contribution in [0.2, 0.25) is 0 Å². The van der Waals surface area contributed by atoms with Crippen LogP contribution in [0.15, 0.2) is 84.9 Å². The van der Waals surface area contributed by atoms with Gasteiger partial charge in [-0.05, 0) is 105 Å². The number of unbranched alkanes of at least 4 members (excludes halogenated alkanes) is 10. The lowest BCUT2D eigenvalue weighted by atomic mass is 9.70. The Hall–Kier alpha value is -3.38. The highest BCUT2D eigenvalue weighted by Crippen LogP contribution is 2.55. The minimum atomic E-state index is 0.107. The zero-order valence-electron chi connectivity index (χ0n) is 28.5. The van der Waals surface area contributed by atoms with Crippen LogP contribution in [0.1, 0.15) is 126 Å². The van der Waals surface area contributed by atoms with Gasteiger partial charge in [0.15, 0.2) is 0 Å². The summed E-state index contributed by atoms with van der Waals surface area (Å²) in [5.41, 5.74) is 11.8. The monoisotopic (exact) mass is 594 g/mol. The lowest BCUT2D eigenvalue weighted by molar-refractivity contribution is 0.398. The van der Waals surface area contributed by atoms with E-state index in [0.717, 1.165) is 0 Å². The van der Waals surface area contributed by atoms with Gasteiger partial charge in [0.1, 0.15) is 0 Å². The number of hydrogen-bond donors (Lipinski definition) is 0. The summed E-state index contributed by atoms with van der Waals surface area (Å²) in [7, 11) is 0. The lowest BCUT2D eigenvalue weighted by Crippen LogP contribution is -2.25. The largest absolute Gasteiger partial charge is 0.0654 e. The maximum Gasteiger partial charge on any atom is 0.0215 e. The van der Waals surface area contributed by atoms with Crippen LogP contribution in [0.25, 0.3) is 43.8 Å². The summed E-state index contributed by atoms with van der Waals surface area (Å²) in [4.78, 5) is 0. The molecule has 1 aliphatic rings. The molecule has 0 unspecified atom stereocenters. The topological polar surface area (TPSA) is 0 Å². The highest BCUT2D eigenvalue weighted by Gasteiger charge is 2.42. The molecule has 0 fully saturated rings. The highest BCUT2D eigenvalue weighted by molar-refractivity contribution is 6.06. The molecule has 0 N–H and O–H groups in total. The first-order valence-corrected chi connectivity index (χ1v) is 18.2. The van der Waals surface area contributed by atoms with Crippen LogP contribution in [0.4, 0.5) is 0 Å². The molecule has 0 heteroatoms. The Morgan fingerprint density at radius 3 is 1.64 bits per heavy atom. The molecule has 0 nitrogen and oxygen atoms in total. The molecule has 0 saturated heterocycles. The Balaban J connectivity index is 1.44. The third-order valence-corrected chi connectivity index (χ3v) is 10.8. The van der Waals surface area contributed by atoms with Crippen molar-refractivity contribution in [3.8, 4) is 22.3 Å². The van der Waals surface area contributed by atoms with Crippen LogP contribution >= 0.6 is 0 Å². The summed E-state index contributed by atoms with van der Waals surface area (Å²) >= 11 is 0. The molecule has 234 valence electrons. The molecule has 0 amide bonds. The van der Waals surface area contributed by atoms with Crippen molar-refractivity contribution in [2.45, 2.75) is 123 Å². The number of fused-ring (bicyclic) bond motifs is 5. The molecular formula is C45H54. The Kier molecular flexibility index (Phi) is 10.1. The van der Waals surface area contributed by atoms with E-state index in [9.17, 15) is 0 Å². The Bertz CT molecular complexity index is 1740. The smallest absolute Gasteiger partial charge is 0.0215 e. The van der Waals surface area contributed by atoms with Gasteiger partial charge in [0.2, 0.25) is 0 Å². The van der Waals surface area contributed by atoms with E-state index in [4.69, 9.17) is 0 Å². The minimum absolute atomic E-state index is 0.107. The van der Waals surface area contributed by atoms with E-state index in [1.165, 1.54) is 145 Å². The zero-order valence-corrected chi connectivity index (χ0v) is 28.5. The second-order valence-electron chi connectivity index (χ2n) is 14.1. The van der Waals surface area contributed by atoms with Crippen molar-refractivity contribution in [2.24, 2.45) is 0 Å². The Morgan fingerprint density at radius 2 is 1.00 bits per heavy atom. The van der Waals surface area contributed by atoms with E-state index in [2.05, 4.69) is 113 Å². The molecule has 0 bridgehead atoms. The van der Waals surface area contributed by atoms with Gasteiger partial charge in [-0.3, -0.25) is 0 Å². The van der Waals surface area contributed by atoms with Crippen molar-refractivity contribution in [1.82, 2.24) is 0 Å². The van der Waals surface area contributed by atoms with E-state index < -0.39 is 0 Å². The van der Waals surface area contributed by atoms with Crippen molar-refractivity contribution >= 4 is 21.5 Å². The first kappa shape index (κ1) is 31.6. The van der Waals surface area contributed by atoms with Crippen molar-refractivity contribution in [1.29, 1.82) is 0 Å². The summed E-state index contributed by atoms with van der Waals surface area (Å²) in [5.74, 6) is 0. The SMILES string of the molecule is CCCCCCCCC1(CCCCCCCC)c2cc(C)ccc2-c2ccc(-c3ccc(C)c4cc5ccccc5cc34)cc21. The van der Waals surface area contributed by atoms with E-state index in [-0.39, 0.29) is 5.41 Å². The second-order valence-corrected chi connectivity index (χ2v) is 14.1. The molecule has 5 aromatic rings. The second kappa shape index (κ2) is 14.4. The van der Waals surface area contributed by atoms with Gasteiger partial charge >= 0.3 is 0 Å². The molecule has 6 rings (SSSR count). The van der Waals surface area contributed by atoms with E-state index >= 15 is 0 Å². The summed E-state index contributed by atoms with van der Waals surface area (Å²) in [6.45, 7) is 9.19. The fraction of sp³-hybridized carbons (Fsp3) is 0.422. The minimum Gasteiger partial charge on any atom is -0.0654 e. The number of hydrogen-bond acceptors (Lipinski definition) is 0. The summed E-state index contributed by atoms with van der Waals surface area (Å²) in [5, 5.41) is 5.39. The summed E-state index contributed by atoms with van der Waals surface area (Å²) in [6.07, 6.45) is 18.7. The molecule has 0 aromatic heterocycles. The van der Waals surface area contributed by atoms with Crippen LogP contribution in [0.3, 0.4) is 0 Å². The van der Waals surface area contributed by atoms with E-state index in [1.807, 2.05) is 0 Å². The first-order chi connectivity index (χ1) is 22.1. The molecule has 5 aromatic carbocycles. The normalized spacial score (nSPS) is 13.4. The number of aryl methyl sites for hydroxylation is 2. The maximum atomic E-state index is 2.62. The van der Waals surface area contributed by atoms with Gasteiger partial charge in [-0.2, -0.15) is 0 Å². The average molecular weight is 595 g/mol. The van der Waals surface area contributed by atoms with Crippen molar-refractivity contribution in [2.75, 3.05) is 0 Å². The molecular weight excluding hydrogens is 540 g/mol. The number of rotatable bonds is 15. The van der Waals surface area contributed by atoms with E-state index in [1.54, 1.807) is 11.1 Å². The quantitative estimate of drug-likeness (QED) is 0.0835. The van der Waals surface area contributed by atoms with Gasteiger partial charge in [-0.15, -0.1) is 0 Å². The molecule has 0 heterocycles. The van der Waals surface area contributed by atoms with Gasteiger partial charge in [0.05, 0.1) is 0 Å². The van der Waals surface area contributed by atoms with Gasteiger partial charge < -0.3 is 0 Å². The maximum absolute atomic E-state index is 2.62. The molecule has 1 aliphatic carbocycles. The van der Waals surface area contributed by atoms with Crippen molar-refractivity contribution in [3.05, 3.63) is 107 Å². The number of benzene rings is 5. The van der Waals surface area contributed by atoms with Crippen LogP contribution in [0.5, 0.6) is 0 Å². The Labute approximate surface area is 273 Å². The van der Waals surface area contributed by atoms with Crippen LogP contribution in [-0.2, 0) is 5.41 Å². The highest BCUT2D eigenvalue weighted by atomic mass is 14.4. The molecule has 0 aliphatic heterocycles. The predicted octanol–water partition coefficient (Wildman–Crippen LogP) is 14.0. The third-order valence-electron chi connectivity index (χ3n) is 10.8. The standard InChI is InChI=1S/C45H54/c1-5-7-9-11-13-17-27-45(28-18-14-12-10-8-6-2)43-29-33(3)21-24-39(43)40-26-23-37(32-44(40)45)38-25-22-34(4)41-30-35-19-15-16-20-36(35)31-42(38)41/h15-16,19-26,29-32H,5-14,17-18,27-28H2,1-4H3. The fourth-order valence-electron chi connectivity index (χ4n) is 8.28. The van der Waals surface area contributed by atoms with Crippen molar-refractivity contribution in [3.63, 3.8) is 0 Å². The molecule has 0 radical (unpaired) electrons. The van der Waals surface area contributed by atoms with Gasteiger partial charge in [0, 0.05) is 5.41 Å². The molecule has 0 atom stereocenters. The van der Waals surface area contributed by atoms with Gasteiger partial charge in [-0.1, -0.05) is 163 Å². The molecule has 45 heavy (non-hydrogen) atoms. The summed E-state index contributed by atoms with van der Waals surface area (Å²) in [6, 6.07) is 33.2. The zero-order chi connectivity index (χ0) is 31.2. The van der Waals surface area contributed by atoms with Crippen LogP contribution < -0.4 is 0 Å². The lowest BCUT2D eigenvalue weighted by Gasteiger charge is -2.33. The van der Waals surface area contributed by atoms with E-state index in [0.29, 0.717) is 0 Å². The predicted molar refractivity (Wildman–Crippen MR) is 199 cm³/mol. The molecule has 0 saturated carbocycles. The average Bonchev–Trinajstić information content (AvgIpc) is 3.32. The Morgan fingerprint density at radius 1 is 0.467 bits per heavy atom. The van der Waals surface area contributed by atoms with Crippen LogP contribution in [0, 0.1) is 13.8 Å². The van der Waals surface area contributed by atoms with Crippen LogP contribution in [-0.4, -0.2) is 0 Å². The first-order valence-electron chi connectivity index (χ1n) is 18.2.